The molecule has 0 aliphatic carbocycles. The zero-order valence-corrected chi connectivity index (χ0v) is 16.3. The van der Waals surface area contributed by atoms with Crippen LogP contribution in [0.15, 0.2) is 53.6 Å². The van der Waals surface area contributed by atoms with Crippen LogP contribution in [0.25, 0.3) is 0 Å². The van der Waals surface area contributed by atoms with Crippen LogP contribution >= 0.6 is 12.2 Å². The van der Waals surface area contributed by atoms with E-state index in [0.29, 0.717) is 5.11 Å². The maximum atomic E-state index is 5.28. The number of thiocarbonyl (C=S) groups is 1. The van der Waals surface area contributed by atoms with Gasteiger partial charge in [0.05, 0.1) is 19.0 Å². The Morgan fingerprint density at radius 3 is 2.54 bits per heavy atom. The summed E-state index contributed by atoms with van der Waals surface area (Å²) in [6.45, 7) is 6.43. The van der Waals surface area contributed by atoms with E-state index in [4.69, 9.17) is 17.0 Å². The van der Waals surface area contributed by atoms with Gasteiger partial charge in [0.15, 0.2) is 5.11 Å². The Balaban J connectivity index is 1.90. The van der Waals surface area contributed by atoms with Crippen molar-refractivity contribution in [2.45, 2.75) is 20.3 Å². The van der Waals surface area contributed by atoms with E-state index in [9.17, 15) is 0 Å². The van der Waals surface area contributed by atoms with Gasteiger partial charge >= 0.3 is 0 Å². The Hall–Kier alpha value is -2.60. The van der Waals surface area contributed by atoms with Crippen LogP contribution in [0.2, 0.25) is 0 Å². The molecule has 0 aromatic heterocycles. The number of ether oxygens (including phenoxy) is 1. The number of hydrazone groups is 1. The van der Waals surface area contributed by atoms with Crippen molar-refractivity contribution in [1.29, 1.82) is 0 Å². The van der Waals surface area contributed by atoms with Crippen LogP contribution in [-0.2, 0) is 0 Å². The summed E-state index contributed by atoms with van der Waals surface area (Å²) in [4.78, 5) is 2.35. The molecule has 0 heterocycles. The van der Waals surface area contributed by atoms with Crippen LogP contribution < -0.4 is 20.4 Å². The second-order valence-electron chi connectivity index (χ2n) is 5.70. The fraction of sp³-hybridized carbons (Fsp3) is 0.300. The minimum atomic E-state index is 0.405. The number of nitrogens with one attached hydrogen (secondary N) is 2. The minimum absolute atomic E-state index is 0.405. The van der Waals surface area contributed by atoms with Gasteiger partial charge in [0.1, 0.15) is 5.75 Å². The van der Waals surface area contributed by atoms with Gasteiger partial charge in [-0.2, -0.15) is 5.10 Å². The molecule has 2 aromatic rings. The molecule has 2 aromatic carbocycles. The van der Waals surface area contributed by atoms with E-state index in [1.54, 1.807) is 13.3 Å². The fourth-order valence-corrected chi connectivity index (χ4v) is 2.74. The zero-order chi connectivity index (χ0) is 18.8. The highest BCUT2D eigenvalue weighted by atomic mass is 32.1. The first-order valence-corrected chi connectivity index (χ1v) is 9.16. The monoisotopic (exact) mass is 370 g/mol. The first kappa shape index (κ1) is 19.7. The lowest BCUT2D eigenvalue weighted by Crippen LogP contribution is -2.24. The summed E-state index contributed by atoms with van der Waals surface area (Å²) in [5.41, 5.74) is 5.86. The van der Waals surface area contributed by atoms with Gasteiger partial charge in [-0.3, -0.25) is 5.43 Å². The number of para-hydroxylation sites is 2. The molecular formula is C20H26N4OS. The van der Waals surface area contributed by atoms with Gasteiger partial charge in [-0.05, 0) is 55.4 Å². The molecule has 138 valence electrons. The molecule has 0 saturated heterocycles. The smallest absolute Gasteiger partial charge is 0.191 e. The quantitative estimate of drug-likeness (QED) is 0.413. The van der Waals surface area contributed by atoms with Crippen LogP contribution in [0.4, 0.5) is 11.4 Å². The fourth-order valence-electron chi connectivity index (χ4n) is 2.57. The van der Waals surface area contributed by atoms with Crippen molar-refractivity contribution in [3.63, 3.8) is 0 Å². The number of benzene rings is 2. The molecule has 0 aliphatic rings. The topological polar surface area (TPSA) is 48.9 Å². The van der Waals surface area contributed by atoms with Crippen molar-refractivity contribution in [2.75, 3.05) is 30.4 Å². The number of methoxy groups -OCH3 is 1. The lowest BCUT2D eigenvalue weighted by molar-refractivity contribution is 0.417. The number of rotatable bonds is 8. The summed E-state index contributed by atoms with van der Waals surface area (Å²) in [6.07, 6.45) is 2.88. The average Bonchev–Trinajstić information content (AvgIpc) is 2.67. The highest BCUT2D eigenvalue weighted by Gasteiger charge is 2.03. The Morgan fingerprint density at radius 1 is 1.15 bits per heavy atom. The molecule has 6 heteroatoms. The Labute approximate surface area is 161 Å². The van der Waals surface area contributed by atoms with E-state index in [1.807, 2.05) is 24.3 Å². The normalized spacial score (nSPS) is 10.6. The molecule has 2 rings (SSSR count). The van der Waals surface area contributed by atoms with E-state index in [1.165, 1.54) is 5.69 Å². The molecule has 0 bridgehead atoms. The molecule has 0 amide bonds. The highest BCUT2D eigenvalue weighted by molar-refractivity contribution is 7.80. The predicted molar refractivity (Wildman–Crippen MR) is 115 cm³/mol. The largest absolute Gasteiger partial charge is 0.495 e. The highest BCUT2D eigenvalue weighted by Crippen LogP contribution is 2.22. The van der Waals surface area contributed by atoms with E-state index < -0.39 is 0 Å². The van der Waals surface area contributed by atoms with Gasteiger partial charge in [0.25, 0.3) is 0 Å². The average molecular weight is 371 g/mol. The molecule has 5 nitrogen and oxygen atoms in total. The number of anilines is 2. The SMILES string of the molecule is CCCN(CC)c1ccc(C=NNC(=S)Nc2ccccc2OC)cc1. The standard InChI is InChI=1S/C20H26N4OS/c1-4-14-24(5-2)17-12-10-16(11-13-17)15-21-23-20(26)22-18-8-6-7-9-19(18)25-3/h6-13,15H,4-5,14H2,1-3H3,(H2,22,23,26). The third kappa shape index (κ3) is 5.74. The van der Waals surface area contributed by atoms with Crippen molar-refractivity contribution in [2.24, 2.45) is 5.10 Å². The van der Waals surface area contributed by atoms with E-state index in [0.717, 1.165) is 36.5 Å². The molecule has 26 heavy (non-hydrogen) atoms. The van der Waals surface area contributed by atoms with Crippen molar-refractivity contribution in [3.05, 3.63) is 54.1 Å². The first-order valence-electron chi connectivity index (χ1n) is 8.76. The predicted octanol–water partition coefficient (Wildman–Crippen LogP) is 4.25. The molecule has 0 radical (unpaired) electrons. The number of hydrogen-bond donors (Lipinski definition) is 2. The summed E-state index contributed by atoms with van der Waals surface area (Å²) >= 11 is 5.26. The summed E-state index contributed by atoms with van der Waals surface area (Å²) < 4.78 is 5.28. The lowest BCUT2D eigenvalue weighted by Gasteiger charge is -2.22. The van der Waals surface area contributed by atoms with Crippen LogP contribution in [0, 0.1) is 0 Å². The zero-order valence-electron chi connectivity index (χ0n) is 15.5. The van der Waals surface area contributed by atoms with Crippen LogP contribution in [0.1, 0.15) is 25.8 Å². The second kappa shape index (κ2) is 10.4. The maximum absolute atomic E-state index is 5.28. The summed E-state index contributed by atoms with van der Waals surface area (Å²) in [7, 11) is 1.62. The van der Waals surface area contributed by atoms with Crippen molar-refractivity contribution < 1.29 is 4.74 Å². The molecule has 0 saturated carbocycles. The summed E-state index contributed by atoms with van der Waals surface area (Å²) in [5, 5.41) is 7.66. The minimum Gasteiger partial charge on any atom is -0.495 e. The van der Waals surface area contributed by atoms with Crippen LogP contribution in [-0.4, -0.2) is 31.5 Å². The van der Waals surface area contributed by atoms with E-state index >= 15 is 0 Å². The van der Waals surface area contributed by atoms with Gasteiger partial charge in [-0.25, -0.2) is 0 Å². The van der Waals surface area contributed by atoms with Crippen LogP contribution in [0.3, 0.4) is 0 Å². The van der Waals surface area contributed by atoms with Gasteiger partial charge in [-0.1, -0.05) is 31.2 Å². The molecular weight excluding hydrogens is 344 g/mol. The lowest BCUT2D eigenvalue weighted by atomic mass is 10.2. The van der Waals surface area contributed by atoms with Gasteiger partial charge in [0, 0.05) is 18.8 Å². The third-order valence-electron chi connectivity index (χ3n) is 3.87. The molecule has 0 aliphatic heterocycles. The summed E-state index contributed by atoms with van der Waals surface area (Å²) in [6, 6.07) is 15.9. The Morgan fingerprint density at radius 2 is 1.88 bits per heavy atom. The maximum Gasteiger partial charge on any atom is 0.191 e. The molecule has 0 unspecified atom stereocenters. The summed E-state index contributed by atoms with van der Waals surface area (Å²) in [5.74, 6) is 0.726. The van der Waals surface area contributed by atoms with Crippen molar-refractivity contribution >= 4 is 34.9 Å². The molecule has 0 atom stereocenters. The molecule has 0 fully saturated rings. The number of nitrogens with zero attached hydrogens (tertiary/aromatic N) is 2. The van der Waals surface area contributed by atoms with Gasteiger partial charge < -0.3 is 15.0 Å². The van der Waals surface area contributed by atoms with Gasteiger partial charge in [0.2, 0.25) is 0 Å². The first-order chi connectivity index (χ1) is 12.7. The van der Waals surface area contributed by atoms with Crippen LogP contribution in [0.5, 0.6) is 5.75 Å². The van der Waals surface area contributed by atoms with Crippen molar-refractivity contribution in [1.82, 2.24) is 5.43 Å². The van der Waals surface area contributed by atoms with Crippen molar-refractivity contribution in [3.8, 4) is 5.75 Å². The van der Waals surface area contributed by atoms with Gasteiger partial charge in [-0.15, -0.1) is 0 Å². The van der Waals surface area contributed by atoms with E-state index in [2.05, 4.69) is 58.9 Å². The third-order valence-corrected chi connectivity index (χ3v) is 4.06. The second-order valence-corrected chi connectivity index (χ2v) is 6.10. The molecule has 2 N–H and O–H groups in total. The number of hydrogen-bond acceptors (Lipinski definition) is 4. The van der Waals surface area contributed by atoms with E-state index in [-0.39, 0.29) is 0 Å². The Kier molecular flexibility index (Phi) is 7.89. The Bertz CT molecular complexity index is 731. The molecule has 0 spiro atoms.